The van der Waals surface area contributed by atoms with Crippen molar-refractivity contribution in [2.24, 2.45) is 0 Å². The summed E-state index contributed by atoms with van der Waals surface area (Å²) in [7, 11) is 1.78. The number of ether oxygens (including phenoxy) is 1. The van der Waals surface area contributed by atoms with E-state index in [-0.39, 0.29) is 11.6 Å². The highest BCUT2D eigenvalue weighted by Gasteiger charge is 2.34. The molecule has 2 rings (SSSR count). The first-order valence-corrected chi connectivity index (χ1v) is 6.04. The monoisotopic (exact) mass is 300 g/mol. The standard InChI is InChI=1S/C14H12F4N2O/c1-19-7-9-2-5-13(20-8-9)21-10-3-4-12(15)11(6-10)14(16,17)18/h2-6,8,19H,7H2,1H3. The molecular weight excluding hydrogens is 288 g/mol. The Balaban J connectivity index is 2.20. The molecule has 0 spiro atoms. The molecule has 112 valence electrons. The lowest BCUT2D eigenvalue weighted by Crippen LogP contribution is -2.08. The Morgan fingerprint density at radius 1 is 1.19 bits per heavy atom. The van der Waals surface area contributed by atoms with Crippen molar-refractivity contribution in [3.63, 3.8) is 0 Å². The number of aromatic nitrogens is 1. The number of hydrogen-bond donors (Lipinski definition) is 1. The third-order valence-electron chi connectivity index (χ3n) is 2.64. The quantitative estimate of drug-likeness (QED) is 0.873. The van der Waals surface area contributed by atoms with E-state index in [9.17, 15) is 17.6 Å². The minimum atomic E-state index is -4.77. The second-order valence-corrected chi connectivity index (χ2v) is 4.28. The first-order valence-electron chi connectivity index (χ1n) is 6.04. The maximum Gasteiger partial charge on any atom is 0.419 e. The van der Waals surface area contributed by atoms with Gasteiger partial charge in [-0.3, -0.25) is 0 Å². The Morgan fingerprint density at radius 2 is 1.95 bits per heavy atom. The lowest BCUT2D eigenvalue weighted by molar-refractivity contribution is -0.140. The van der Waals surface area contributed by atoms with Crippen LogP contribution in [-0.2, 0) is 12.7 Å². The average molecular weight is 300 g/mol. The van der Waals surface area contributed by atoms with Crippen LogP contribution in [-0.4, -0.2) is 12.0 Å². The van der Waals surface area contributed by atoms with Gasteiger partial charge in [0.1, 0.15) is 11.6 Å². The van der Waals surface area contributed by atoms with Gasteiger partial charge in [0.15, 0.2) is 0 Å². The van der Waals surface area contributed by atoms with Crippen molar-refractivity contribution >= 4 is 0 Å². The number of pyridine rings is 1. The van der Waals surface area contributed by atoms with Gasteiger partial charge >= 0.3 is 6.18 Å². The van der Waals surface area contributed by atoms with Crippen molar-refractivity contribution in [2.75, 3.05) is 7.05 Å². The topological polar surface area (TPSA) is 34.1 Å². The van der Waals surface area contributed by atoms with Gasteiger partial charge in [-0.25, -0.2) is 9.37 Å². The van der Waals surface area contributed by atoms with E-state index in [1.54, 1.807) is 19.3 Å². The number of nitrogens with zero attached hydrogens (tertiary/aromatic N) is 1. The predicted octanol–water partition coefficient (Wildman–Crippen LogP) is 3.75. The molecule has 3 nitrogen and oxygen atoms in total. The van der Waals surface area contributed by atoms with Crippen LogP contribution in [0.15, 0.2) is 36.5 Å². The molecule has 1 aromatic carbocycles. The van der Waals surface area contributed by atoms with E-state index in [4.69, 9.17) is 4.74 Å². The molecule has 1 N–H and O–H groups in total. The van der Waals surface area contributed by atoms with Gasteiger partial charge in [0.05, 0.1) is 5.56 Å². The highest BCUT2D eigenvalue weighted by atomic mass is 19.4. The normalized spacial score (nSPS) is 11.5. The summed E-state index contributed by atoms with van der Waals surface area (Å²) in [5, 5.41) is 2.94. The van der Waals surface area contributed by atoms with E-state index < -0.39 is 17.6 Å². The number of nitrogens with one attached hydrogen (secondary N) is 1. The lowest BCUT2D eigenvalue weighted by atomic mass is 10.2. The van der Waals surface area contributed by atoms with E-state index in [2.05, 4.69) is 10.3 Å². The fourth-order valence-corrected chi connectivity index (χ4v) is 1.69. The molecule has 0 amide bonds. The molecule has 0 saturated heterocycles. The number of rotatable bonds is 4. The van der Waals surface area contributed by atoms with E-state index in [0.717, 1.165) is 11.6 Å². The van der Waals surface area contributed by atoms with Gasteiger partial charge in [-0.1, -0.05) is 6.07 Å². The summed E-state index contributed by atoms with van der Waals surface area (Å²) in [5.74, 6) is -1.33. The van der Waals surface area contributed by atoms with Gasteiger partial charge in [-0.2, -0.15) is 13.2 Å². The van der Waals surface area contributed by atoms with E-state index in [1.165, 1.54) is 6.07 Å². The summed E-state index contributed by atoms with van der Waals surface area (Å²) in [5.41, 5.74) is -0.466. The Morgan fingerprint density at radius 3 is 2.52 bits per heavy atom. The number of benzene rings is 1. The molecule has 21 heavy (non-hydrogen) atoms. The molecule has 0 aliphatic rings. The molecule has 0 radical (unpaired) electrons. The molecule has 0 unspecified atom stereocenters. The van der Waals surface area contributed by atoms with Crippen molar-refractivity contribution in [3.8, 4) is 11.6 Å². The van der Waals surface area contributed by atoms with Gasteiger partial charge in [-0.05, 0) is 30.8 Å². The van der Waals surface area contributed by atoms with Gasteiger partial charge in [0.2, 0.25) is 5.88 Å². The largest absolute Gasteiger partial charge is 0.439 e. The van der Waals surface area contributed by atoms with E-state index >= 15 is 0 Å². The Kier molecular flexibility index (Phi) is 4.42. The highest BCUT2D eigenvalue weighted by Crippen LogP contribution is 2.34. The number of alkyl halides is 3. The van der Waals surface area contributed by atoms with E-state index in [0.29, 0.717) is 18.7 Å². The Bertz CT molecular complexity index is 611. The van der Waals surface area contributed by atoms with Crippen LogP contribution in [0.5, 0.6) is 11.6 Å². The van der Waals surface area contributed by atoms with Crippen LogP contribution in [0.4, 0.5) is 17.6 Å². The van der Waals surface area contributed by atoms with Crippen LogP contribution in [0.1, 0.15) is 11.1 Å². The molecule has 0 aliphatic carbocycles. The summed E-state index contributed by atoms with van der Waals surface area (Å²) in [4.78, 5) is 3.97. The second kappa shape index (κ2) is 6.09. The highest BCUT2D eigenvalue weighted by molar-refractivity contribution is 5.34. The molecular formula is C14H12F4N2O. The summed E-state index contributed by atoms with van der Waals surface area (Å²) in [6, 6.07) is 5.70. The maximum absolute atomic E-state index is 13.1. The van der Waals surface area contributed by atoms with Crippen LogP contribution in [0.2, 0.25) is 0 Å². The van der Waals surface area contributed by atoms with Crippen molar-refractivity contribution in [1.29, 1.82) is 0 Å². The zero-order valence-electron chi connectivity index (χ0n) is 11.0. The average Bonchev–Trinajstić information content (AvgIpc) is 2.42. The minimum Gasteiger partial charge on any atom is -0.439 e. The summed E-state index contributed by atoms with van der Waals surface area (Å²) in [6.07, 6.45) is -3.23. The third-order valence-corrected chi connectivity index (χ3v) is 2.64. The molecule has 0 saturated carbocycles. The molecule has 0 aliphatic heterocycles. The summed E-state index contributed by atoms with van der Waals surface area (Å²) >= 11 is 0. The zero-order chi connectivity index (χ0) is 15.5. The van der Waals surface area contributed by atoms with Crippen LogP contribution in [0, 0.1) is 5.82 Å². The molecule has 0 fully saturated rings. The van der Waals surface area contributed by atoms with Crippen LogP contribution < -0.4 is 10.1 Å². The third kappa shape index (κ3) is 3.91. The first-order chi connectivity index (χ1) is 9.90. The number of halogens is 4. The SMILES string of the molecule is CNCc1ccc(Oc2ccc(F)c(C(F)(F)F)c2)nc1. The van der Waals surface area contributed by atoms with Crippen LogP contribution in [0.25, 0.3) is 0 Å². The van der Waals surface area contributed by atoms with Crippen LogP contribution in [0.3, 0.4) is 0 Å². The molecule has 1 heterocycles. The predicted molar refractivity (Wildman–Crippen MR) is 68.5 cm³/mol. The van der Waals surface area contributed by atoms with Crippen molar-refractivity contribution in [3.05, 3.63) is 53.5 Å². The van der Waals surface area contributed by atoms with Gasteiger partial charge in [0.25, 0.3) is 0 Å². The lowest BCUT2D eigenvalue weighted by Gasteiger charge is -2.10. The Hall–Kier alpha value is -2.15. The minimum absolute atomic E-state index is 0.127. The van der Waals surface area contributed by atoms with Crippen molar-refractivity contribution in [1.82, 2.24) is 10.3 Å². The van der Waals surface area contributed by atoms with Gasteiger partial charge in [-0.15, -0.1) is 0 Å². The molecule has 1 aromatic heterocycles. The number of hydrogen-bond acceptors (Lipinski definition) is 3. The second-order valence-electron chi connectivity index (χ2n) is 4.28. The van der Waals surface area contributed by atoms with Crippen LogP contribution >= 0.6 is 0 Å². The smallest absolute Gasteiger partial charge is 0.419 e. The van der Waals surface area contributed by atoms with Gasteiger partial charge < -0.3 is 10.1 Å². The first kappa shape index (κ1) is 15.2. The molecule has 7 heteroatoms. The van der Waals surface area contributed by atoms with Crippen molar-refractivity contribution in [2.45, 2.75) is 12.7 Å². The summed E-state index contributed by atoms with van der Waals surface area (Å²) < 4.78 is 56.1. The van der Waals surface area contributed by atoms with Gasteiger partial charge in [0, 0.05) is 18.8 Å². The van der Waals surface area contributed by atoms with E-state index in [1.807, 2.05) is 0 Å². The zero-order valence-corrected chi connectivity index (χ0v) is 11.0. The molecule has 0 bridgehead atoms. The fraction of sp³-hybridized carbons (Fsp3) is 0.214. The molecule has 0 atom stereocenters. The summed E-state index contributed by atoms with van der Waals surface area (Å²) in [6.45, 7) is 0.613. The Labute approximate surface area is 118 Å². The maximum atomic E-state index is 13.1. The fourth-order valence-electron chi connectivity index (χ4n) is 1.69. The molecule has 2 aromatic rings. The van der Waals surface area contributed by atoms with Crippen molar-refractivity contribution < 1.29 is 22.3 Å².